The van der Waals surface area contributed by atoms with Crippen LogP contribution in [-0.2, 0) is 7.05 Å². The van der Waals surface area contributed by atoms with E-state index in [1.54, 1.807) is 6.07 Å². The number of aromatic nitrogens is 2. The minimum Gasteiger partial charge on any atom is -0.399 e. The molecule has 0 fully saturated rings. The first-order valence-corrected chi connectivity index (χ1v) is 5.01. The lowest BCUT2D eigenvalue weighted by atomic mass is 10.1. The lowest BCUT2D eigenvalue weighted by Crippen LogP contribution is -1.93. The summed E-state index contributed by atoms with van der Waals surface area (Å²) in [6, 6.07) is 5.51. The molecule has 0 aliphatic carbocycles. The van der Waals surface area contributed by atoms with E-state index in [1.807, 2.05) is 37.0 Å². The van der Waals surface area contributed by atoms with Gasteiger partial charge in [0.1, 0.15) is 0 Å². The number of benzene rings is 1. The Bertz CT molecular complexity index is 503. The second-order valence-corrected chi connectivity index (χ2v) is 3.91. The smallest absolute Gasteiger partial charge is 0.0571 e. The summed E-state index contributed by atoms with van der Waals surface area (Å²) in [5.74, 6) is 0. The molecule has 0 saturated heterocycles. The van der Waals surface area contributed by atoms with E-state index in [0.717, 1.165) is 16.8 Å². The topological polar surface area (TPSA) is 43.8 Å². The number of rotatable bonds is 1. The molecule has 1 heterocycles. The zero-order valence-corrected chi connectivity index (χ0v) is 9.42. The summed E-state index contributed by atoms with van der Waals surface area (Å²) >= 11 is 6.13. The Morgan fingerprint density at radius 1 is 1.33 bits per heavy atom. The van der Waals surface area contributed by atoms with Gasteiger partial charge in [0.2, 0.25) is 0 Å². The van der Waals surface area contributed by atoms with Crippen LogP contribution in [0.1, 0.15) is 5.69 Å². The number of halogens is 1. The van der Waals surface area contributed by atoms with Crippen LogP contribution >= 0.6 is 11.6 Å². The fourth-order valence-corrected chi connectivity index (χ4v) is 1.80. The van der Waals surface area contributed by atoms with Gasteiger partial charge in [0.25, 0.3) is 0 Å². The molecule has 0 spiro atoms. The molecule has 0 amide bonds. The standard InChI is InChI=1S/C11H12ClN3/c1-7-10(6-14-15(7)2)9-4-3-8(13)5-11(9)12/h3-6H,13H2,1-2H3. The van der Waals surface area contributed by atoms with Gasteiger partial charge in [-0.1, -0.05) is 17.7 Å². The second-order valence-electron chi connectivity index (χ2n) is 3.51. The largest absolute Gasteiger partial charge is 0.399 e. The van der Waals surface area contributed by atoms with E-state index in [4.69, 9.17) is 17.3 Å². The van der Waals surface area contributed by atoms with Crippen molar-refractivity contribution in [3.05, 3.63) is 35.1 Å². The zero-order valence-electron chi connectivity index (χ0n) is 8.66. The molecule has 0 aliphatic heterocycles. The van der Waals surface area contributed by atoms with E-state index in [9.17, 15) is 0 Å². The molecule has 3 nitrogen and oxygen atoms in total. The van der Waals surface area contributed by atoms with E-state index in [0.29, 0.717) is 10.7 Å². The quantitative estimate of drug-likeness (QED) is 0.753. The Morgan fingerprint density at radius 2 is 2.07 bits per heavy atom. The Labute approximate surface area is 93.5 Å². The van der Waals surface area contributed by atoms with Crippen molar-refractivity contribution in [3.63, 3.8) is 0 Å². The van der Waals surface area contributed by atoms with E-state index in [2.05, 4.69) is 5.10 Å². The van der Waals surface area contributed by atoms with Crippen LogP contribution in [0.5, 0.6) is 0 Å². The minimum atomic E-state index is 0.658. The lowest BCUT2D eigenvalue weighted by Gasteiger charge is -2.04. The molecule has 0 radical (unpaired) electrons. The SMILES string of the molecule is Cc1c(-c2ccc(N)cc2Cl)cnn1C. The molecule has 0 aliphatic rings. The summed E-state index contributed by atoms with van der Waals surface area (Å²) in [5.41, 5.74) is 9.41. The van der Waals surface area contributed by atoms with Crippen LogP contribution in [0.25, 0.3) is 11.1 Å². The molecule has 0 unspecified atom stereocenters. The van der Waals surface area contributed by atoms with Crippen molar-refractivity contribution in [3.8, 4) is 11.1 Å². The van der Waals surface area contributed by atoms with Crippen molar-refractivity contribution in [2.24, 2.45) is 7.05 Å². The molecule has 1 aromatic carbocycles. The molecule has 78 valence electrons. The molecule has 0 bridgehead atoms. The van der Waals surface area contributed by atoms with Crippen molar-refractivity contribution in [1.82, 2.24) is 9.78 Å². The van der Waals surface area contributed by atoms with Crippen molar-refractivity contribution in [2.45, 2.75) is 6.92 Å². The van der Waals surface area contributed by atoms with Crippen LogP contribution in [-0.4, -0.2) is 9.78 Å². The maximum atomic E-state index is 6.13. The van der Waals surface area contributed by atoms with Crippen LogP contribution < -0.4 is 5.73 Å². The molecular formula is C11H12ClN3. The van der Waals surface area contributed by atoms with Gasteiger partial charge in [0.05, 0.1) is 11.2 Å². The molecular weight excluding hydrogens is 210 g/mol. The molecule has 4 heteroatoms. The monoisotopic (exact) mass is 221 g/mol. The zero-order chi connectivity index (χ0) is 11.0. The lowest BCUT2D eigenvalue weighted by molar-refractivity contribution is 0.740. The summed E-state index contributed by atoms with van der Waals surface area (Å²) in [7, 11) is 1.91. The number of hydrogen-bond donors (Lipinski definition) is 1. The minimum absolute atomic E-state index is 0.658. The van der Waals surface area contributed by atoms with Crippen molar-refractivity contribution >= 4 is 17.3 Å². The third-order valence-electron chi connectivity index (χ3n) is 2.52. The van der Waals surface area contributed by atoms with Gasteiger partial charge < -0.3 is 5.73 Å². The number of nitrogen functional groups attached to an aromatic ring is 1. The van der Waals surface area contributed by atoms with Gasteiger partial charge in [-0.3, -0.25) is 4.68 Å². The van der Waals surface area contributed by atoms with Crippen LogP contribution in [0.15, 0.2) is 24.4 Å². The maximum Gasteiger partial charge on any atom is 0.0571 e. The summed E-state index contributed by atoms with van der Waals surface area (Å²) in [6.45, 7) is 2.01. The first kappa shape index (κ1) is 10.1. The van der Waals surface area contributed by atoms with Crippen LogP contribution in [0.4, 0.5) is 5.69 Å². The number of aryl methyl sites for hydroxylation is 1. The van der Waals surface area contributed by atoms with Gasteiger partial charge in [-0.25, -0.2) is 0 Å². The fourth-order valence-electron chi connectivity index (χ4n) is 1.51. The predicted molar refractivity (Wildman–Crippen MR) is 62.8 cm³/mol. The Hall–Kier alpha value is -1.48. The highest BCUT2D eigenvalue weighted by atomic mass is 35.5. The predicted octanol–water partition coefficient (Wildman–Crippen LogP) is 2.63. The Kier molecular flexibility index (Phi) is 2.40. The van der Waals surface area contributed by atoms with E-state index >= 15 is 0 Å². The highest BCUT2D eigenvalue weighted by Gasteiger charge is 2.09. The van der Waals surface area contributed by atoms with Gasteiger partial charge in [-0.05, 0) is 19.1 Å². The number of nitrogens with zero attached hydrogens (tertiary/aromatic N) is 2. The van der Waals surface area contributed by atoms with Gasteiger partial charge in [0.15, 0.2) is 0 Å². The fraction of sp³-hybridized carbons (Fsp3) is 0.182. The molecule has 0 saturated carbocycles. The number of anilines is 1. The van der Waals surface area contributed by atoms with Gasteiger partial charge in [-0.2, -0.15) is 5.10 Å². The van der Waals surface area contributed by atoms with Gasteiger partial charge in [-0.15, -0.1) is 0 Å². The third-order valence-corrected chi connectivity index (χ3v) is 2.83. The van der Waals surface area contributed by atoms with E-state index < -0.39 is 0 Å². The average molecular weight is 222 g/mol. The molecule has 1 aromatic heterocycles. The third kappa shape index (κ3) is 1.70. The summed E-state index contributed by atoms with van der Waals surface area (Å²) in [5, 5.41) is 4.84. The normalized spacial score (nSPS) is 10.6. The van der Waals surface area contributed by atoms with Gasteiger partial charge >= 0.3 is 0 Å². The molecule has 2 N–H and O–H groups in total. The van der Waals surface area contributed by atoms with E-state index in [1.165, 1.54) is 0 Å². The first-order valence-electron chi connectivity index (χ1n) is 4.63. The number of nitrogens with two attached hydrogens (primary N) is 1. The summed E-state index contributed by atoms with van der Waals surface area (Å²) < 4.78 is 1.82. The summed E-state index contributed by atoms with van der Waals surface area (Å²) in [4.78, 5) is 0. The van der Waals surface area contributed by atoms with Crippen LogP contribution in [0.3, 0.4) is 0 Å². The van der Waals surface area contributed by atoms with Gasteiger partial charge in [0, 0.05) is 29.6 Å². The van der Waals surface area contributed by atoms with E-state index in [-0.39, 0.29) is 0 Å². The van der Waals surface area contributed by atoms with Crippen molar-refractivity contribution < 1.29 is 0 Å². The van der Waals surface area contributed by atoms with Crippen LogP contribution in [0, 0.1) is 6.92 Å². The second kappa shape index (κ2) is 3.59. The highest BCUT2D eigenvalue weighted by molar-refractivity contribution is 6.33. The molecule has 0 atom stereocenters. The highest BCUT2D eigenvalue weighted by Crippen LogP contribution is 2.31. The van der Waals surface area contributed by atoms with Crippen molar-refractivity contribution in [2.75, 3.05) is 5.73 Å². The molecule has 2 rings (SSSR count). The average Bonchev–Trinajstić information content (AvgIpc) is 2.49. The summed E-state index contributed by atoms with van der Waals surface area (Å²) in [6.07, 6.45) is 1.81. The first-order chi connectivity index (χ1) is 7.09. The Morgan fingerprint density at radius 3 is 2.60 bits per heavy atom. The molecule has 15 heavy (non-hydrogen) atoms. The van der Waals surface area contributed by atoms with Crippen molar-refractivity contribution in [1.29, 1.82) is 0 Å². The number of hydrogen-bond acceptors (Lipinski definition) is 2. The Balaban J connectivity index is 2.59. The molecule has 2 aromatic rings. The maximum absolute atomic E-state index is 6.13. The van der Waals surface area contributed by atoms with Crippen LogP contribution in [0.2, 0.25) is 5.02 Å².